The number of nitrogens with zero attached hydrogens (tertiary/aromatic N) is 1. The number of rotatable bonds is 8. The normalized spacial score (nSPS) is 19.8. The molecular formula is C32H36N2. The van der Waals surface area contributed by atoms with Gasteiger partial charge in [0.25, 0.3) is 0 Å². The molecule has 0 aliphatic carbocycles. The van der Waals surface area contributed by atoms with Crippen molar-refractivity contribution in [1.82, 2.24) is 10.2 Å². The number of benzene rings is 4. The summed E-state index contributed by atoms with van der Waals surface area (Å²) in [5, 5.41) is 6.61. The van der Waals surface area contributed by atoms with Crippen LogP contribution in [-0.2, 0) is 6.42 Å². The lowest BCUT2D eigenvalue weighted by Gasteiger charge is -2.39. The lowest BCUT2D eigenvalue weighted by atomic mass is 9.80. The van der Waals surface area contributed by atoms with E-state index in [1.807, 2.05) is 0 Å². The highest BCUT2D eigenvalue weighted by Gasteiger charge is 2.30. The van der Waals surface area contributed by atoms with Gasteiger partial charge < -0.3 is 10.2 Å². The van der Waals surface area contributed by atoms with Crippen molar-refractivity contribution in [2.75, 3.05) is 26.2 Å². The Morgan fingerprint density at radius 1 is 0.824 bits per heavy atom. The maximum absolute atomic E-state index is 3.93. The van der Waals surface area contributed by atoms with Gasteiger partial charge in [0.05, 0.1) is 0 Å². The molecule has 1 N–H and O–H groups in total. The molecule has 4 aromatic carbocycles. The topological polar surface area (TPSA) is 15.3 Å². The molecular weight excluding hydrogens is 412 g/mol. The number of piperidine rings is 1. The quantitative estimate of drug-likeness (QED) is 0.317. The molecule has 1 aliphatic heterocycles. The van der Waals surface area contributed by atoms with Gasteiger partial charge in [-0.05, 0) is 65.6 Å². The highest BCUT2D eigenvalue weighted by Crippen LogP contribution is 2.33. The van der Waals surface area contributed by atoms with E-state index >= 15 is 0 Å². The van der Waals surface area contributed by atoms with Crippen LogP contribution in [0.2, 0.25) is 0 Å². The molecule has 0 radical (unpaired) electrons. The first-order valence-electron chi connectivity index (χ1n) is 12.8. The third-order valence-corrected chi connectivity index (χ3v) is 7.58. The summed E-state index contributed by atoms with van der Waals surface area (Å²) in [5.41, 5.74) is 4.33. The summed E-state index contributed by atoms with van der Waals surface area (Å²) >= 11 is 0. The zero-order valence-electron chi connectivity index (χ0n) is 20.2. The van der Waals surface area contributed by atoms with Crippen LogP contribution in [0.25, 0.3) is 10.8 Å². The van der Waals surface area contributed by atoms with Gasteiger partial charge in [-0.2, -0.15) is 0 Å². The van der Waals surface area contributed by atoms with Crippen LogP contribution in [0, 0.1) is 5.92 Å². The van der Waals surface area contributed by atoms with Gasteiger partial charge in [0.2, 0.25) is 0 Å². The number of hydrogen-bond acceptors (Lipinski definition) is 2. The van der Waals surface area contributed by atoms with Gasteiger partial charge in [-0.3, -0.25) is 0 Å². The van der Waals surface area contributed by atoms with Crippen LogP contribution in [0.15, 0.2) is 103 Å². The third-order valence-electron chi connectivity index (χ3n) is 7.58. The summed E-state index contributed by atoms with van der Waals surface area (Å²) in [6.45, 7) is 6.82. The van der Waals surface area contributed by atoms with E-state index in [2.05, 4.69) is 120 Å². The van der Waals surface area contributed by atoms with E-state index in [1.165, 1.54) is 40.4 Å². The fourth-order valence-corrected chi connectivity index (χ4v) is 5.65. The Labute approximate surface area is 204 Å². The average molecular weight is 449 g/mol. The monoisotopic (exact) mass is 448 g/mol. The molecule has 1 aliphatic rings. The Hall–Kier alpha value is -2.94. The first-order chi connectivity index (χ1) is 16.8. The van der Waals surface area contributed by atoms with Crippen LogP contribution in [0.4, 0.5) is 0 Å². The van der Waals surface area contributed by atoms with Crippen molar-refractivity contribution in [2.24, 2.45) is 5.92 Å². The van der Waals surface area contributed by atoms with Crippen molar-refractivity contribution in [3.8, 4) is 0 Å². The minimum atomic E-state index is 0.321. The Kier molecular flexibility index (Phi) is 7.38. The van der Waals surface area contributed by atoms with Gasteiger partial charge in [-0.1, -0.05) is 103 Å². The molecule has 4 aromatic rings. The molecule has 34 heavy (non-hydrogen) atoms. The number of nitrogens with one attached hydrogen (secondary N) is 1. The summed E-state index contributed by atoms with van der Waals surface area (Å²) in [5.74, 6) is 1.21. The fourth-order valence-electron chi connectivity index (χ4n) is 5.65. The predicted octanol–water partition coefficient (Wildman–Crippen LogP) is 6.84. The zero-order chi connectivity index (χ0) is 23.2. The number of likely N-dealkylation sites (tertiary alicyclic amines) is 1. The lowest BCUT2D eigenvalue weighted by Crippen LogP contribution is -2.44. The van der Waals surface area contributed by atoms with Crippen LogP contribution in [0.5, 0.6) is 0 Å². The summed E-state index contributed by atoms with van der Waals surface area (Å²) in [7, 11) is 0. The lowest BCUT2D eigenvalue weighted by molar-refractivity contribution is 0.150. The van der Waals surface area contributed by atoms with Gasteiger partial charge in [0.1, 0.15) is 0 Å². The molecule has 174 valence electrons. The van der Waals surface area contributed by atoms with Crippen molar-refractivity contribution >= 4 is 10.8 Å². The average Bonchev–Trinajstić information content (AvgIpc) is 2.91. The van der Waals surface area contributed by atoms with Crippen molar-refractivity contribution < 1.29 is 0 Å². The van der Waals surface area contributed by atoms with E-state index < -0.39 is 0 Å². The van der Waals surface area contributed by atoms with Crippen molar-refractivity contribution in [3.63, 3.8) is 0 Å². The van der Waals surface area contributed by atoms with Gasteiger partial charge >= 0.3 is 0 Å². The summed E-state index contributed by atoms with van der Waals surface area (Å²) in [6, 6.07) is 37.8. The largest absolute Gasteiger partial charge is 0.310 e. The molecule has 2 heteroatoms. The van der Waals surface area contributed by atoms with Gasteiger partial charge in [-0.15, -0.1) is 0 Å². The molecule has 0 spiro atoms. The van der Waals surface area contributed by atoms with Crippen LogP contribution in [-0.4, -0.2) is 31.1 Å². The van der Waals surface area contributed by atoms with Gasteiger partial charge in [0.15, 0.2) is 0 Å². The molecule has 2 nitrogen and oxygen atoms in total. The number of hydrogen-bond donors (Lipinski definition) is 1. The summed E-state index contributed by atoms with van der Waals surface area (Å²) in [4.78, 5) is 2.68. The molecule has 2 unspecified atom stereocenters. The maximum Gasteiger partial charge on any atom is 0.0298 e. The zero-order valence-corrected chi connectivity index (χ0v) is 20.2. The SMILES string of the molecule is C[C@@H](NCC1CN(CCc2ccccc2)CCC1c1ccccc1)c1cccc2ccccc12. The maximum atomic E-state index is 3.93. The summed E-state index contributed by atoms with van der Waals surface area (Å²) in [6.07, 6.45) is 2.36. The second kappa shape index (κ2) is 11.0. The molecule has 0 amide bonds. The molecule has 0 bridgehead atoms. The number of fused-ring (bicyclic) bond motifs is 1. The standard InChI is InChI=1S/C32H36N2/c1-25(30-18-10-16-28-15-8-9-17-32(28)30)33-23-29-24-34(21-19-26-11-4-2-5-12-26)22-20-31(29)27-13-6-3-7-14-27/h2-18,25,29,31,33H,19-24H2,1H3/t25-,29?,31?/m1/s1. The van der Waals surface area contributed by atoms with Gasteiger partial charge in [0, 0.05) is 25.7 Å². The van der Waals surface area contributed by atoms with Gasteiger partial charge in [-0.25, -0.2) is 0 Å². The van der Waals surface area contributed by atoms with E-state index in [9.17, 15) is 0 Å². The van der Waals surface area contributed by atoms with E-state index in [1.54, 1.807) is 0 Å². The fraction of sp³-hybridized carbons (Fsp3) is 0.312. The molecule has 3 atom stereocenters. The van der Waals surface area contributed by atoms with Crippen LogP contribution in [0.1, 0.15) is 42.0 Å². The Morgan fingerprint density at radius 3 is 2.35 bits per heavy atom. The Bertz CT molecular complexity index is 1170. The summed E-state index contributed by atoms with van der Waals surface area (Å²) < 4.78 is 0. The highest BCUT2D eigenvalue weighted by atomic mass is 15.1. The highest BCUT2D eigenvalue weighted by molar-refractivity contribution is 5.86. The molecule has 1 fully saturated rings. The van der Waals surface area contributed by atoms with Crippen molar-refractivity contribution in [2.45, 2.75) is 31.7 Å². The minimum absolute atomic E-state index is 0.321. The minimum Gasteiger partial charge on any atom is -0.310 e. The Balaban J connectivity index is 1.29. The van der Waals surface area contributed by atoms with E-state index in [0.717, 1.165) is 26.1 Å². The van der Waals surface area contributed by atoms with Crippen LogP contribution in [0.3, 0.4) is 0 Å². The van der Waals surface area contributed by atoms with E-state index in [-0.39, 0.29) is 0 Å². The second-order valence-corrected chi connectivity index (χ2v) is 9.80. The molecule has 0 saturated carbocycles. The van der Waals surface area contributed by atoms with Crippen molar-refractivity contribution in [1.29, 1.82) is 0 Å². The molecule has 1 heterocycles. The molecule has 1 saturated heterocycles. The second-order valence-electron chi connectivity index (χ2n) is 9.80. The molecule has 0 aromatic heterocycles. The first-order valence-corrected chi connectivity index (χ1v) is 12.8. The van der Waals surface area contributed by atoms with Crippen LogP contribution < -0.4 is 5.32 Å². The predicted molar refractivity (Wildman–Crippen MR) is 144 cm³/mol. The van der Waals surface area contributed by atoms with Crippen LogP contribution >= 0.6 is 0 Å². The Morgan fingerprint density at radius 2 is 1.53 bits per heavy atom. The first kappa shape index (κ1) is 22.8. The molecule has 5 rings (SSSR count). The van der Waals surface area contributed by atoms with E-state index in [0.29, 0.717) is 17.9 Å². The van der Waals surface area contributed by atoms with E-state index in [4.69, 9.17) is 0 Å². The smallest absolute Gasteiger partial charge is 0.0298 e. The van der Waals surface area contributed by atoms with Crippen molar-refractivity contribution in [3.05, 3.63) is 120 Å². The third kappa shape index (κ3) is 5.41.